The highest BCUT2D eigenvalue weighted by Crippen LogP contribution is 2.41. The molecule has 1 aromatic carbocycles. The second-order valence-corrected chi connectivity index (χ2v) is 6.24. The number of ketones is 1. The van der Waals surface area contributed by atoms with Gasteiger partial charge in [0.05, 0.1) is 0 Å². The lowest BCUT2D eigenvalue weighted by Crippen LogP contribution is -2.33. The number of allylic oxidation sites excluding steroid dienone is 2. The number of rotatable bonds is 1. The van der Waals surface area contributed by atoms with Crippen molar-refractivity contribution in [3.63, 3.8) is 0 Å². The number of hydrogen-bond acceptors (Lipinski definition) is 4. The second-order valence-electron chi connectivity index (χ2n) is 6.24. The molecule has 0 fully saturated rings. The van der Waals surface area contributed by atoms with Crippen LogP contribution in [0.3, 0.4) is 0 Å². The molecule has 0 saturated carbocycles. The molecule has 2 unspecified atom stereocenters. The summed E-state index contributed by atoms with van der Waals surface area (Å²) in [6, 6.07) is 8.01. The van der Waals surface area contributed by atoms with E-state index in [1.165, 1.54) is 0 Å². The largest absolute Gasteiger partial charge is 0.328 e. The van der Waals surface area contributed by atoms with Crippen LogP contribution in [0.15, 0.2) is 41.9 Å². The maximum absolute atomic E-state index is 12.7. The summed E-state index contributed by atoms with van der Waals surface area (Å²) in [5, 5.41) is 7.66. The normalized spacial score (nSPS) is 23.8. The predicted octanol–water partition coefficient (Wildman–Crippen LogP) is 2.85. The fourth-order valence-corrected chi connectivity index (χ4v) is 3.53. The molecule has 0 bridgehead atoms. The molecular weight excluding hydrogens is 276 g/mol. The van der Waals surface area contributed by atoms with Gasteiger partial charge in [0.15, 0.2) is 5.78 Å². The number of aryl methyl sites for hydroxylation is 1. The fourth-order valence-electron chi connectivity index (χ4n) is 3.53. The first-order valence-electron chi connectivity index (χ1n) is 7.63. The third kappa shape index (κ3) is 1.89. The van der Waals surface area contributed by atoms with E-state index in [4.69, 9.17) is 0 Å². The van der Waals surface area contributed by atoms with Crippen molar-refractivity contribution in [1.82, 2.24) is 14.8 Å². The molecule has 0 saturated heterocycles. The summed E-state index contributed by atoms with van der Waals surface area (Å²) < 4.78 is 1.83. The second kappa shape index (κ2) is 4.80. The molecule has 2 atom stereocenters. The van der Waals surface area contributed by atoms with Gasteiger partial charge in [0.2, 0.25) is 5.95 Å². The van der Waals surface area contributed by atoms with Crippen molar-refractivity contribution in [2.75, 3.05) is 5.32 Å². The van der Waals surface area contributed by atoms with E-state index in [1.54, 1.807) is 6.33 Å². The Labute approximate surface area is 129 Å². The molecule has 1 aromatic heterocycles. The van der Waals surface area contributed by atoms with Crippen molar-refractivity contribution in [2.24, 2.45) is 5.92 Å². The molecule has 1 aliphatic carbocycles. The highest BCUT2D eigenvalue weighted by atomic mass is 16.1. The molecule has 5 nitrogen and oxygen atoms in total. The highest BCUT2D eigenvalue weighted by Gasteiger charge is 2.38. The number of anilines is 1. The van der Waals surface area contributed by atoms with Crippen LogP contribution in [0.25, 0.3) is 0 Å². The minimum atomic E-state index is -0.171. The lowest BCUT2D eigenvalue weighted by Gasteiger charge is -2.34. The Balaban J connectivity index is 1.94. The monoisotopic (exact) mass is 294 g/mol. The first-order chi connectivity index (χ1) is 10.6. The van der Waals surface area contributed by atoms with Gasteiger partial charge >= 0.3 is 0 Å². The van der Waals surface area contributed by atoms with Crippen LogP contribution in [0.4, 0.5) is 5.95 Å². The van der Waals surface area contributed by atoms with Crippen molar-refractivity contribution in [3.05, 3.63) is 53.0 Å². The van der Waals surface area contributed by atoms with E-state index in [1.807, 2.05) is 16.8 Å². The number of fused-ring (bicyclic) bond motifs is 1. The number of benzene rings is 1. The summed E-state index contributed by atoms with van der Waals surface area (Å²) >= 11 is 0. The van der Waals surface area contributed by atoms with Gasteiger partial charge in [-0.3, -0.25) is 4.79 Å². The molecular formula is C17H18N4O. The Morgan fingerprint density at radius 1 is 1.27 bits per heavy atom. The highest BCUT2D eigenvalue weighted by molar-refractivity contribution is 5.99. The van der Waals surface area contributed by atoms with E-state index in [9.17, 15) is 4.79 Å². The van der Waals surface area contributed by atoms with Gasteiger partial charge in [0.1, 0.15) is 12.4 Å². The SMILES string of the molecule is Cc1ccccc1C1C2=C(CC(C)CC2=O)Nc2ncnn21. The maximum Gasteiger partial charge on any atom is 0.226 e. The van der Waals surface area contributed by atoms with Crippen LogP contribution in [0, 0.1) is 12.8 Å². The van der Waals surface area contributed by atoms with Crippen molar-refractivity contribution in [1.29, 1.82) is 0 Å². The molecule has 5 heteroatoms. The molecule has 0 amide bonds. The lowest BCUT2D eigenvalue weighted by atomic mass is 9.80. The average molecular weight is 294 g/mol. The van der Waals surface area contributed by atoms with Gasteiger partial charge in [0.25, 0.3) is 0 Å². The molecule has 2 aromatic rings. The Bertz CT molecular complexity index is 789. The zero-order valence-corrected chi connectivity index (χ0v) is 12.7. The fraction of sp³-hybridized carbons (Fsp3) is 0.353. The van der Waals surface area contributed by atoms with Gasteiger partial charge in [-0.2, -0.15) is 10.1 Å². The van der Waals surface area contributed by atoms with Crippen molar-refractivity contribution in [2.45, 2.75) is 32.7 Å². The number of carbonyl (C=O) groups is 1. The van der Waals surface area contributed by atoms with E-state index in [2.05, 4.69) is 41.4 Å². The van der Waals surface area contributed by atoms with Crippen molar-refractivity contribution in [3.8, 4) is 0 Å². The number of aromatic nitrogens is 3. The van der Waals surface area contributed by atoms with E-state index in [0.717, 1.165) is 28.8 Å². The van der Waals surface area contributed by atoms with Crippen LogP contribution in [0.1, 0.15) is 36.9 Å². The van der Waals surface area contributed by atoms with Gasteiger partial charge in [-0.1, -0.05) is 31.2 Å². The zero-order valence-electron chi connectivity index (χ0n) is 12.7. The molecule has 0 radical (unpaired) electrons. The van der Waals surface area contributed by atoms with Gasteiger partial charge < -0.3 is 5.32 Å². The Morgan fingerprint density at radius 2 is 2.09 bits per heavy atom. The molecule has 22 heavy (non-hydrogen) atoms. The molecule has 112 valence electrons. The summed E-state index contributed by atoms with van der Waals surface area (Å²) in [6.07, 6.45) is 3.03. The first-order valence-corrected chi connectivity index (χ1v) is 7.63. The number of nitrogens with one attached hydrogen (secondary N) is 1. The van der Waals surface area contributed by atoms with Crippen LogP contribution < -0.4 is 5.32 Å². The van der Waals surface area contributed by atoms with Crippen LogP contribution in [-0.4, -0.2) is 20.5 Å². The van der Waals surface area contributed by atoms with Gasteiger partial charge in [-0.25, -0.2) is 4.68 Å². The van der Waals surface area contributed by atoms with E-state index in [0.29, 0.717) is 18.3 Å². The average Bonchev–Trinajstić information content (AvgIpc) is 2.93. The number of Topliss-reactive ketones (excluding diaryl/α,β-unsaturated/α-hetero) is 1. The van der Waals surface area contributed by atoms with Crippen LogP contribution >= 0.6 is 0 Å². The number of hydrogen-bond donors (Lipinski definition) is 1. The summed E-state index contributed by atoms with van der Waals surface area (Å²) in [5.74, 6) is 1.30. The molecule has 1 N–H and O–H groups in total. The third-order valence-corrected chi connectivity index (χ3v) is 4.55. The van der Waals surface area contributed by atoms with Gasteiger partial charge in [-0.15, -0.1) is 0 Å². The number of carbonyl (C=O) groups excluding carboxylic acids is 1. The molecule has 0 spiro atoms. The molecule has 2 heterocycles. The predicted molar refractivity (Wildman–Crippen MR) is 83.4 cm³/mol. The quantitative estimate of drug-likeness (QED) is 0.878. The zero-order chi connectivity index (χ0) is 15.3. The van der Waals surface area contributed by atoms with Gasteiger partial charge in [-0.05, 0) is 30.4 Å². The third-order valence-electron chi connectivity index (χ3n) is 4.55. The standard InChI is InChI=1S/C17H18N4O/c1-10-7-13-15(14(22)8-10)16(12-6-4-3-5-11(12)2)21-17(20-13)18-9-19-21/h3-6,9-10,16H,7-8H2,1-2H3,(H,18,19,20). The first kappa shape index (κ1) is 13.2. The summed E-state index contributed by atoms with van der Waals surface area (Å²) in [4.78, 5) is 17.0. The minimum Gasteiger partial charge on any atom is -0.328 e. The Kier molecular flexibility index (Phi) is 2.89. The Morgan fingerprint density at radius 3 is 2.91 bits per heavy atom. The molecule has 2 aliphatic rings. The minimum absolute atomic E-state index is 0.171. The van der Waals surface area contributed by atoms with E-state index < -0.39 is 0 Å². The molecule has 1 aliphatic heterocycles. The van der Waals surface area contributed by atoms with Crippen LogP contribution in [0.2, 0.25) is 0 Å². The Hall–Kier alpha value is -2.43. The maximum atomic E-state index is 12.7. The van der Waals surface area contributed by atoms with Crippen LogP contribution in [0.5, 0.6) is 0 Å². The lowest BCUT2D eigenvalue weighted by molar-refractivity contribution is -0.117. The van der Waals surface area contributed by atoms with Gasteiger partial charge in [0, 0.05) is 17.7 Å². The van der Waals surface area contributed by atoms with E-state index in [-0.39, 0.29) is 11.8 Å². The van der Waals surface area contributed by atoms with Crippen LogP contribution in [-0.2, 0) is 4.79 Å². The number of nitrogens with zero attached hydrogens (tertiary/aromatic N) is 3. The summed E-state index contributed by atoms with van der Waals surface area (Å²) in [6.45, 7) is 4.19. The topological polar surface area (TPSA) is 59.8 Å². The van der Waals surface area contributed by atoms with Crippen molar-refractivity contribution >= 4 is 11.7 Å². The summed E-state index contributed by atoms with van der Waals surface area (Å²) in [5.41, 5.74) is 4.14. The molecule has 4 rings (SSSR count). The van der Waals surface area contributed by atoms with E-state index >= 15 is 0 Å². The smallest absolute Gasteiger partial charge is 0.226 e. The van der Waals surface area contributed by atoms with Crippen molar-refractivity contribution < 1.29 is 4.79 Å². The summed E-state index contributed by atoms with van der Waals surface area (Å²) in [7, 11) is 0.